The van der Waals surface area contributed by atoms with Gasteiger partial charge >= 0.3 is 5.97 Å². The van der Waals surface area contributed by atoms with Crippen LogP contribution in [0.5, 0.6) is 0 Å². The largest absolute Gasteiger partial charge is 0.481 e. The van der Waals surface area contributed by atoms with E-state index in [9.17, 15) is 14.7 Å². The second-order valence-corrected chi connectivity index (χ2v) is 12.6. The Morgan fingerprint density at radius 2 is 1.53 bits per heavy atom. The lowest BCUT2D eigenvalue weighted by Gasteiger charge is -2.39. The van der Waals surface area contributed by atoms with E-state index in [0.717, 1.165) is 36.0 Å². The van der Waals surface area contributed by atoms with Gasteiger partial charge in [0.2, 0.25) is 5.91 Å². The van der Waals surface area contributed by atoms with E-state index in [2.05, 4.69) is 66.7 Å². The number of hydrogen-bond donors (Lipinski definition) is 3. The van der Waals surface area contributed by atoms with E-state index >= 15 is 0 Å². The summed E-state index contributed by atoms with van der Waals surface area (Å²) in [5.41, 5.74) is 4.72. The molecule has 1 saturated heterocycles. The maximum absolute atomic E-state index is 12.5. The molecule has 8 nitrogen and oxygen atoms in total. The summed E-state index contributed by atoms with van der Waals surface area (Å²) in [6, 6.07) is 30.7. The molecule has 4 aromatic rings. The lowest BCUT2D eigenvalue weighted by Crippen LogP contribution is -2.38. The first-order chi connectivity index (χ1) is 22.8. The van der Waals surface area contributed by atoms with Crippen molar-refractivity contribution in [3.63, 3.8) is 0 Å². The molecule has 5 rings (SSSR count). The lowest BCUT2D eigenvalue weighted by atomic mass is 9.98. The summed E-state index contributed by atoms with van der Waals surface area (Å²) in [6.07, 6.45) is 3.38. The summed E-state index contributed by atoms with van der Waals surface area (Å²) < 4.78 is 13.1. The molecule has 1 aliphatic heterocycles. The Balaban J connectivity index is 1.23. The number of aliphatic hydroxyl groups is 1. The van der Waals surface area contributed by atoms with Crippen molar-refractivity contribution >= 4 is 28.3 Å². The van der Waals surface area contributed by atoms with Crippen molar-refractivity contribution in [2.75, 3.05) is 18.9 Å². The van der Waals surface area contributed by atoms with E-state index in [-0.39, 0.29) is 37.2 Å². The van der Waals surface area contributed by atoms with Crippen molar-refractivity contribution in [3.8, 4) is 0 Å². The number of anilines is 1. The minimum absolute atomic E-state index is 0.00665. The van der Waals surface area contributed by atoms with Gasteiger partial charge in [-0.15, -0.1) is 0 Å². The molecule has 1 aliphatic rings. The maximum atomic E-state index is 12.5. The molecule has 0 aromatic heterocycles. The molecule has 47 heavy (non-hydrogen) atoms. The Kier molecular flexibility index (Phi) is 12.1. The van der Waals surface area contributed by atoms with Crippen molar-refractivity contribution in [2.45, 2.75) is 83.0 Å². The first-order valence-corrected chi connectivity index (χ1v) is 16.6. The Morgan fingerprint density at radius 3 is 2.23 bits per heavy atom. The van der Waals surface area contributed by atoms with Crippen LogP contribution in [0.15, 0.2) is 91.0 Å². The third-order valence-corrected chi connectivity index (χ3v) is 9.03. The van der Waals surface area contributed by atoms with Gasteiger partial charge in [-0.25, -0.2) is 0 Å². The summed E-state index contributed by atoms with van der Waals surface area (Å²) in [5, 5.41) is 23.7. The Hall–Kier alpha value is -4.08. The zero-order valence-corrected chi connectivity index (χ0v) is 27.3. The van der Waals surface area contributed by atoms with E-state index in [4.69, 9.17) is 14.6 Å². The first-order valence-electron chi connectivity index (χ1n) is 16.6. The average molecular weight is 639 g/mol. The molecule has 1 fully saturated rings. The molecule has 0 saturated carbocycles. The van der Waals surface area contributed by atoms with Crippen LogP contribution in [-0.2, 0) is 25.7 Å². The number of ether oxygens (including phenoxy) is 2. The van der Waals surface area contributed by atoms with Gasteiger partial charge in [0.05, 0.1) is 18.8 Å². The predicted octanol–water partition coefficient (Wildman–Crippen LogP) is 7.93. The van der Waals surface area contributed by atoms with Gasteiger partial charge in [-0.05, 0) is 72.5 Å². The molecule has 1 heterocycles. The number of hydrogen-bond acceptors (Lipinski definition) is 6. The van der Waals surface area contributed by atoms with Crippen LogP contribution in [0.4, 0.5) is 5.69 Å². The van der Waals surface area contributed by atoms with Crippen LogP contribution in [0.1, 0.15) is 92.6 Å². The van der Waals surface area contributed by atoms with Crippen molar-refractivity contribution in [2.24, 2.45) is 0 Å². The summed E-state index contributed by atoms with van der Waals surface area (Å²) >= 11 is 0. The fourth-order valence-corrected chi connectivity index (χ4v) is 6.10. The van der Waals surface area contributed by atoms with Gasteiger partial charge in [0, 0.05) is 43.1 Å². The molecule has 0 aliphatic carbocycles. The van der Waals surface area contributed by atoms with E-state index < -0.39 is 12.3 Å². The number of carboxylic acid groups (broad SMARTS) is 1. The second-order valence-electron chi connectivity index (χ2n) is 12.6. The van der Waals surface area contributed by atoms with E-state index in [0.29, 0.717) is 31.5 Å². The normalized spacial score (nSPS) is 18.7. The highest BCUT2D eigenvalue weighted by Crippen LogP contribution is 2.39. The van der Waals surface area contributed by atoms with Gasteiger partial charge < -0.3 is 25.0 Å². The van der Waals surface area contributed by atoms with Crippen LogP contribution < -0.4 is 5.32 Å². The van der Waals surface area contributed by atoms with Crippen LogP contribution in [0.25, 0.3) is 10.8 Å². The molecule has 4 aromatic carbocycles. The quantitative estimate of drug-likeness (QED) is 0.114. The fourth-order valence-electron chi connectivity index (χ4n) is 6.10. The highest BCUT2D eigenvalue weighted by Gasteiger charge is 2.33. The van der Waals surface area contributed by atoms with Crippen molar-refractivity contribution in [1.82, 2.24) is 4.90 Å². The number of benzene rings is 4. The number of aliphatic carboxylic acids is 1. The molecule has 0 radical (unpaired) electrons. The Bertz CT molecular complexity index is 1610. The minimum atomic E-state index is -0.781. The molecule has 1 amide bonds. The zero-order valence-electron chi connectivity index (χ0n) is 27.3. The van der Waals surface area contributed by atoms with Crippen molar-refractivity contribution < 1.29 is 29.3 Å². The van der Waals surface area contributed by atoms with Gasteiger partial charge in [0.1, 0.15) is 0 Å². The summed E-state index contributed by atoms with van der Waals surface area (Å²) in [6.45, 7) is 2.93. The third-order valence-electron chi connectivity index (χ3n) is 9.03. The highest BCUT2D eigenvalue weighted by molar-refractivity contribution is 5.90. The number of rotatable bonds is 15. The van der Waals surface area contributed by atoms with Crippen LogP contribution in [0, 0.1) is 0 Å². The second kappa shape index (κ2) is 16.7. The predicted molar refractivity (Wildman–Crippen MR) is 184 cm³/mol. The number of fused-ring (bicyclic) bond motifs is 1. The first kappa shape index (κ1) is 34.3. The van der Waals surface area contributed by atoms with Gasteiger partial charge in [-0.1, -0.05) is 85.6 Å². The topological polar surface area (TPSA) is 108 Å². The molecule has 8 heteroatoms. The molecule has 0 spiro atoms. The van der Waals surface area contributed by atoms with Crippen molar-refractivity contribution in [3.05, 3.63) is 113 Å². The van der Waals surface area contributed by atoms with E-state index in [1.165, 1.54) is 16.3 Å². The number of nitrogens with zero attached hydrogens (tertiary/aromatic N) is 1. The lowest BCUT2D eigenvalue weighted by molar-refractivity contribution is -0.253. The molecule has 0 unspecified atom stereocenters. The number of unbranched alkanes of at least 4 members (excludes halogenated alkanes) is 3. The number of carbonyl (C=O) groups excluding carboxylic acids is 1. The third kappa shape index (κ3) is 9.72. The number of nitrogens with one attached hydrogen (secondary N) is 1. The minimum Gasteiger partial charge on any atom is -0.481 e. The van der Waals surface area contributed by atoms with Gasteiger partial charge in [-0.3, -0.25) is 14.5 Å². The SMILES string of the molecule is C[C@H](c1ccc2ccccc2c1)N(C)C[C@@H]1C[C@H](c2ccc(CO)cc2)O[C@H](c2ccc(NC(=O)CCCCCCC(=O)O)cc2)O1. The van der Waals surface area contributed by atoms with Crippen molar-refractivity contribution in [1.29, 1.82) is 0 Å². The van der Waals surface area contributed by atoms with E-state index in [1.54, 1.807) is 0 Å². The fraction of sp³-hybridized carbons (Fsp3) is 0.385. The molecule has 3 N–H and O–H groups in total. The summed E-state index contributed by atoms with van der Waals surface area (Å²) in [5.74, 6) is -0.840. The summed E-state index contributed by atoms with van der Waals surface area (Å²) in [4.78, 5) is 25.5. The Morgan fingerprint density at radius 1 is 0.851 bits per heavy atom. The van der Waals surface area contributed by atoms with Crippen LogP contribution in [0.2, 0.25) is 0 Å². The molecular formula is C39H46N2O6. The maximum Gasteiger partial charge on any atom is 0.303 e. The number of likely N-dealkylation sites (N-methyl/N-ethyl adjacent to an activating group) is 1. The number of carbonyl (C=O) groups is 2. The Labute approximate surface area is 277 Å². The van der Waals surface area contributed by atoms with Gasteiger partial charge in [-0.2, -0.15) is 0 Å². The van der Waals surface area contributed by atoms with Crippen LogP contribution in [0.3, 0.4) is 0 Å². The number of aliphatic hydroxyl groups excluding tert-OH is 1. The average Bonchev–Trinajstić information content (AvgIpc) is 3.09. The molecule has 248 valence electrons. The zero-order chi connectivity index (χ0) is 33.2. The number of amides is 1. The molecule has 4 atom stereocenters. The molecular weight excluding hydrogens is 592 g/mol. The standard InChI is InChI=1S/C39H46N2O6/c1-27(32-18-17-29-9-7-8-10-33(29)23-32)41(2)25-35-24-36(30-15-13-28(26-42)14-16-30)47-39(46-35)31-19-21-34(22-20-31)40-37(43)11-5-3-4-6-12-38(44)45/h7-10,13-23,27,35-36,39,42H,3-6,11-12,24-26H2,1-2H3,(H,40,43)(H,44,45)/t27-,35+,36-,39-/m1/s1. The monoisotopic (exact) mass is 638 g/mol. The van der Waals surface area contributed by atoms with Crippen LogP contribution in [-0.4, -0.2) is 46.7 Å². The highest BCUT2D eigenvalue weighted by atomic mass is 16.7. The van der Waals surface area contributed by atoms with Gasteiger partial charge in [0.15, 0.2) is 6.29 Å². The summed E-state index contributed by atoms with van der Waals surface area (Å²) in [7, 11) is 2.13. The molecule has 0 bridgehead atoms. The van der Waals surface area contributed by atoms with Crippen LogP contribution >= 0.6 is 0 Å². The van der Waals surface area contributed by atoms with E-state index in [1.807, 2.05) is 48.5 Å². The number of carboxylic acids is 1. The smallest absolute Gasteiger partial charge is 0.303 e. The van der Waals surface area contributed by atoms with Gasteiger partial charge in [0.25, 0.3) is 0 Å².